The maximum absolute atomic E-state index is 12.3. The van der Waals surface area contributed by atoms with Crippen LogP contribution in [-0.4, -0.2) is 51.6 Å². The van der Waals surface area contributed by atoms with Gasteiger partial charge in [0.2, 0.25) is 0 Å². The van der Waals surface area contributed by atoms with Crippen molar-refractivity contribution in [1.82, 2.24) is 20.1 Å². The highest BCUT2D eigenvalue weighted by atomic mass is 16.4. The molecule has 4 rings (SSSR count). The summed E-state index contributed by atoms with van der Waals surface area (Å²) in [5, 5.41) is 16.6. The number of anilines is 2. The fraction of sp³-hybridized carbons (Fsp3) is 0.412. The molecule has 26 heavy (non-hydrogen) atoms. The summed E-state index contributed by atoms with van der Waals surface area (Å²) < 4.78 is 1.93. The Bertz CT molecular complexity index is 875. The normalized spacial score (nSPS) is 19.2. The predicted octanol–water partition coefficient (Wildman–Crippen LogP) is 2.31. The lowest BCUT2D eigenvalue weighted by Gasteiger charge is -2.38. The van der Waals surface area contributed by atoms with Gasteiger partial charge >= 0.3 is 12.1 Å². The first-order valence-corrected chi connectivity index (χ1v) is 8.55. The van der Waals surface area contributed by atoms with Gasteiger partial charge < -0.3 is 10.4 Å². The van der Waals surface area contributed by atoms with Crippen molar-refractivity contribution in [2.24, 2.45) is 0 Å². The van der Waals surface area contributed by atoms with E-state index < -0.39 is 6.09 Å². The molecule has 2 N–H and O–H groups in total. The van der Waals surface area contributed by atoms with Gasteiger partial charge in [-0.15, -0.1) is 0 Å². The molecule has 0 aromatic carbocycles. The average Bonchev–Trinajstić information content (AvgIpc) is 3.37. The number of rotatable bonds is 2. The Labute approximate surface area is 150 Å². The maximum Gasteiger partial charge on any atom is 0.412 e. The zero-order chi connectivity index (χ0) is 18.4. The molecule has 9 nitrogen and oxygen atoms in total. The van der Waals surface area contributed by atoms with Gasteiger partial charge in [-0.2, -0.15) is 5.10 Å². The Hall–Kier alpha value is -3.10. The summed E-state index contributed by atoms with van der Waals surface area (Å²) in [4.78, 5) is 31.1. The molecule has 0 spiro atoms. The van der Waals surface area contributed by atoms with E-state index in [0.717, 1.165) is 24.0 Å². The molecule has 0 saturated heterocycles. The van der Waals surface area contributed by atoms with Crippen LogP contribution in [0, 0.1) is 0 Å². The number of nitrogens with zero attached hydrogens (tertiary/aromatic N) is 5. The smallest absolute Gasteiger partial charge is 0.412 e. The van der Waals surface area contributed by atoms with E-state index in [4.69, 9.17) is 0 Å². The lowest BCUT2D eigenvalue weighted by atomic mass is 10.1. The molecular weight excluding hydrogens is 336 g/mol. The Morgan fingerprint density at radius 1 is 1.27 bits per heavy atom. The summed E-state index contributed by atoms with van der Waals surface area (Å²) in [6, 6.07) is 1.58. The number of pyridine rings is 1. The lowest BCUT2D eigenvalue weighted by Crippen LogP contribution is -2.54. The molecule has 1 atom stereocenters. The van der Waals surface area contributed by atoms with Crippen molar-refractivity contribution in [3.8, 4) is 11.1 Å². The quantitative estimate of drug-likeness (QED) is 0.859. The molecule has 1 saturated carbocycles. The Balaban J connectivity index is 1.77. The number of carboxylic acid groups (broad SMARTS) is 1. The highest BCUT2D eigenvalue weighted by Gasteiger charge is 2.36. The first kappa shape index (κ1) is 16.4. The van der Waals surface area contributed by atoms with Gasteiger partial charge in [-0.25, -0.2) is 14.6 Å². The van der Waals surface area contributed by atoms with Gasteiger partial charge in [0.1, 0.15) is 0 Å². The molecular formula is C17H20N6O3. The van der Waals surface area contributed by atoms with Crippen LogP contribution in [0.3, 0.4) is 0 Å². The summed E-state index contributed by atoms with van der Waals surface area (Å²) in [5.41, 5.74) is 2.05. The zero-order valence-corrected chi connectivity index (χ0v) is 14.6. The van der Waals surface area contributed by atoms with E-state index in [1.54, 1.807) is 32.4 Å². The predicted molar refractivity (Wildman–Crippen MR) is 95.5 cm³/mol. The summed E-state index contributed by atoms with van der Waals surface area (Å²) in [5.74, 6) is 0.337. The topological polar surface area (TPSA) is 104 Å². The molecule has 2 aliphatic rings. The van der Waals surface area contributed by atoms with Gasteiger partial charge in [0.05, 0.1) is 30.5 Å². The molecule has 1 aliphatic heterocycles. The van der Waals surface area contributed by atoms with Gasteiger partial charge in [0.15, 0.2) is 5.82 Å². The minimum Gasteiger partial charge on any atom is -0.465 e. The van der Waals surface area contributed by atoms with Crippen LogP contribution in [0.25, 0.3) is 11.1 Å². The number of fused-ring (bicyclic) bond motifs is 1. The van der Waals surface area contributed by atoms with Crippen molar-refractivity contribution < 1.29 is 14.7 Å². The molecule has 1 fully saturated rings. The van der Waals surface area contributed by atoms with Crippen molar-refractivity contribution >= 4 is 23.6 Å². The van der Waals surface area contributed by atoms with Crippen LogP contribution in [0.4, 0.5) is 21.1 Å². The molecule has 1 aliphatic carbocycles. The zero-order valence-electron chi connectivity index (χ0n) is 14.6. The molecule has 9 heteroatoms. The first-order chi connectivity index (χ1) is 12.5. The number of amides is 3. The van der Waals surface area contributed by atoms with E-state index in [2.05, 4.69) is 15.4 Å². The maximum atomic E-state index is 12.3. The van der Waals surface area contributed by atoms with Crippen LogP contribution in [0.1, 0.15) is 25.8 Å². The summed E-state index contributed by atoms with van der Waals surface area (Å²) in [6.45, 7) is 1.98. The van der Waals surface area contributed by atoms with E-state index in [0.29, 0.717) is 17.5 Å². The number of urea groups is 1. The van der Waals surface area contributed by atoms with Gasteiger partial charge in [-0.3, -0.25) is 14.5 Å². The second-order valence-electron chi connectivity index (χ2n) is 6.67. The monoisotopic (exact) mass is 356 g/mol. The van der Waals surface area contributed by atoms with Crippen molar-refractivity contribution in [2.45, 2.75) is 31.8 Å². The van der Waals surface area contributed by atoms with Gasteiger partial charge in [0, 0.05) is 30.6 Å². The summed E-state index contributed by atoms with van der Waals surface area (Å²) in [7, 11) is 1.54. The molecule has 3 heterocycles. The number of carbonyl (C=O) groups is 2. The molecule has 0 radical (unpaired) electrons. The number of aromatic nitrogens is 3. The fourth-order valence-corrected chi connectivity index (χ4v) is 3.26. The van der Waals surface area contributed by atoms with Crippen molar-refractivity contribution in [2.75, 3.05) is 23.4 Å². The third-order valence-corrected chi connectivity index (χ3v) is 4.77. The van der Waals surface area contributed by atoms with E-state index in [-0.39, 0.29) is 18.6 Å². The van der Waals surface area contributed by atoms with Crippen LogP contribution < -0.4 is 15.1 Å². The van der Waals surface area contributed by atoms with E-state index in [1.807, 2.05) is 10.9 Å². The summed E-state index contributed by atoms with van der Waals surface area (Å²) >= 11 is 0. The minimum atomic E-state index is -1.07. The van der Waals surface area contributed by atoms with E-state index in [9.17, 15) is 14.7 Å². The van der Waals surface area contributed by atoms with Crippen LogP contribution in [0.2, 0.25) is 0 Å². The largest absolute Gasteiger partial charge is 0.465 e. The minimum absolute atomic E-state index is 0.183. The van der Waals surface area contributed by atoms with E-state index >= 15 is 0 Å². The van der Waals surface area contributed by atoms with Crippen molar-refractivity contribution in [3.63, 3.8) is 0 Å². The summed E-state index contributed by atoms with van der Waals surface area (Å²) in [6.07, 6.45) is 6.57. The van der Waals surface area contributed by atoms with Gasteiger partial charge in [-0.05, 0) is 25.8 Å². The van der Waals surface area contributed by atoms with Crippen LogP contribution in [-0.2, 0) is 0 Å². The number of hydrogen-bond acceptors (Lipinski definition) is 4. The average molecular weight is 356 g/mol. The molecule has 136 valence electrons. The van der Waals surface area contributed by atoms with Crippen LogP contribution in [0.15, 0.2) is 24.7 Å². The second-order valence-corrected chi connectivity index (χ2v) is 6.67. The highest BCUT2D eigenvalue weighted by Crippen LogP contribution is 2.38. The first-order valence-electron chi connectivity index (χ1n) is 8.55. The van der Waals surface area contributed by atoms with E-state index in [1.165, 1.54) is 9.80 Å². The van der Waals surface area contributed by atoms with Gasteiger partial charge in [0.25, 0.3) is 0 Å². The number of nitrogens with one attached hydrogen (secondary N) is 1. The molecule has 0 bridgehead atoms. The van der Waals surface area contributed by atoms with Crippen LogP contribution >= 0.6 is 0 Å². The van der Waals surface area contributed by atoms with Gasteiger partial charge in [-0.1, -0.05) is 0 Å². The molecule has 3 amide bonds. The molecule has 2 aromatic heterocycles. The Kier molecular flexibility index (Phi) is 3.78. The molecule has 2 aromatic rings. The number of hydrogen-bond donors (Lipinski definition) is 2. The number of carbonyl (C=O) groups excluding carboxylic acids is 1. The fourth-order valence-electron chi connectivity index (χ4n) is 3.26. The third kappa shape index (κ3) is 2.65. The Morgan fingerprint density at radius 2 is 2.04 bits per heavy atom. The standard InChI is InChI=1S/C17H20N6O3/c1-10-8-21(17(25)26)14-5-11(6-19-15(14)23(10)16(24)18-2)12-7-20-22(9-12)13-3-4-13/h5-7,9-10,13H,3-4,8H2,1-2H3,(H,18,24)(H,25,26)/t10-/m0/s1. The molecule has 0 unspecified atom stereocenters. The lowest BCUT2D eigenvalue weighted by molar-refractivity contribution is 0.200. The van der Waals surface area contributed by atoms with Crippen LogP contribution in [0.5, 0.6) is 0 Å². The second kappa shape index (κ2) is 6.01. The Morgan fingerprint density at radius 3 is 2.69 bits per heavy atom. The highest BCUT2D eigenvalue weighted by molar-refractivity contribution is 6.01. The SMILES string of the molecule is CNC(=O)N1c2ncc(-c3cnn(C4CC4)c3)cc2N(C(=O)O)C[C@@H]1C. The van der Waals surface area contributed by atoms with Crippen molar-refractivity contribution in [1.29, 1.82) is 0 Å². The third-order valence-electron chi connectivity index (χ3n) is 4.77. The van der Waals surface area contributed by atoms with Crippen molar-refractivity contribution in [3.05, 3.63) is 24.7 Å².